The van der Waals surface area contributed by atoms with Crippen molar-refractivity contribution >= 4 is 35.2 Å². The minimum atomic E-state index is -0.145. The molecule has 0 N–H and O–H groups in total. The zero-order chi connectivity index (χ0) is 19.2. The first-order chi connectivity index (χ1) is 12.4. The third-order valence-electron chi connectivity index (χ3n) is 4.27. The monoisotopic (exact) mass is 549 g/mol. The minimum absolute atomic E-state index is 0.145. The van der Waals surface area contributed by atoms with Crippen LogP contribution in [0.3, 0.4) is 0 Å². The van der Waals surface area contributed by atoms with E-state index in [0.717, 1.165) is 0 Å². The maximum atomic E-state index is 3.23. The number of hydrogen-bond acceptors (Lipinski definition) is 0. The molecule has 3 aromatic rings. The standard InChI is InChI=1S/C15H14N.C7H9.2BrH.Zr/c1-11-5-6-12(2)15-10-13(9-14(11)15)16-7-3-4-8-16;1-7(2)5-3-4-6-7;;;/h3-10H,1-2H3;3-5H,1-2H3;2*1H;/q2*-1;;;+4/p-2. The zero-order valence-corrected chi connectivity index (χ0v) is 21.2. The molecule has 1 heterocycles. The summed E-state index contributed by atoms with van der Waals surface area (Å²) in [6.07, 6.45) is 13.4. The van der Waals surface area contributed by atoms with E-state index in [0.29, 0.717) is 0 Å². The van der Waals surface area contributed by atoms with Gasteiger partial charge in [0.1, 0.15) is 0 Å². The third kappa shape index (κ3) is 5.97. The van der Waals surface area contributed by atoms with Crippen LogP contribution in [0.25, 0.3) is 16.5 Å². The van der Waals surface area contributed by atoms with Gasteiger partial charge in [-0.2, -0.15) is 6.08 Å². The Bertz CT molecular complexity index is 833. The van der Waals surface area contributed by atoms with Crippen LogP contribution < -0.4 is 0 Å². The molecule has 0 fully saturated rings. The van der Waals surface area contributed by atoms with Crippen molar-refractivity contribution < 1.29 is 18.5 Å². The molecule has 4 rings (SSSR count). The van der Waals surface area contributed by atoms with Gasteiger partial charge < -0.3 is 4.57 Å². The summed E-state index contributed by atoms with van der Waals surface area (Å²) < 4.78 is 2.15. The van der Waals surface area contributed by atoms with E-state index in [4.69, 9.17) is 0 Å². The van der Waals surface area contributed by atoms with Gasteiger partial charge in [-0.3, -0.25) is 6.08 Å². The van der Waals surface area contributed by atoms with Crippen molar-refractivity contribution in [2.75, 3.05) is 0 Å². The normalized spacial score (nSPS) is 13.6. The Kier molecular flexibility index (Phi) is 8.45. The molecular formula is C22H23Br2NZr. The Morgan fingerprint density at radius 1 is 1.08 bits per heavy atom. The molecule has 1 aromatic heterocycles. The van der Waals surface area contributed by atoms with Crippen molar-refractivity contribution in [1.29, 1.82) is 0 Å². The van der Waals surface area contributed by atoms with Crippen LogP contribution >= 0.6 is 24.4 Å². The Labute approximate surface area is 180 Å². The number of hydrogen-bond donors (Lipinski definition) is 0. The van der Waals surface area contributed by atoms with E-state index in [-0.39, 0.29) is 24.0 Å². The summed E-state index contributed by atoms with van der Waals surface area (Å²) in [4.78, 5) is 0. The summed E-state index contributed by atoms with van der Waals surface area (Å²) >= 11 is 6.32. The Morgan fingerprint density at radius 3 is 2.15 bits per heavy atom. The average molecular weight is 552 g/mol. The molecule has 134 valence electrons. The fourth-order valence-electron chi connectivity index (χ4n) is 2.83. The number of allylic oxidation sites excluding steroid dienone is 4. The van der Waals surface area contributed by atoms with Crippen LogP contribution in [0, 0.1) is 25.3 Å². The molecule has 0 unspecified atom stereocenters. The summed E-state index contributed by atoms with van der Waals surface area (Å²) in [5.74, 6) is 0. The van der Waals surface area contributed by atoms with Gasteiger partial charge in [0.05, 0.1) is 0 Å². The molecule has 1 aliphatic rings. The maximum absolute atomic E-state index is 3.23. The Morgan fingerprint density at radius 2 is 1.69 bits per heavy atom. The first kappa shape index (κ1) is 21.7. The van der Waals surface area contributed by atoms with Gasteiger partial charge in [-0.1, -0.05) is 37.8 Å². The number of fused-ring (bicyclic) bond motifs is 1. The van der Waals surface area contributed by atoms with Crippen molar-refractivity contribution in [3.63, 3.8) is 0 Å². The second kappa shape index (κ2) is 10.1. The van der Waals surface area contributed by atoms with Crippen LogP contribution in [0.5, 0.6) is 0 Å². The molecule has 0 saturated carbocycles. The molecule has 0 amide bonds. The molecule has 26 heavy (non-hydrogen) atoms. The summed E-state index contributed by atoms with van der Waals surface area (Å²) in [6.45, 7) is 8.60. The van der Waals surface area contributed by atoms with Gasteiger partial charge in [-0.05, 0) is 24.7 Å². The third-order valence-corrected chi connectivity index (χ3v) is 4.27. The molecule has 0 aliphatic heterocycles. The van der Waals surface area contributed by atoms with Crippen molar-refractivity contribution in [1.82, 2.24) is 4.57 Å². The van der Waals surface area contributed by atoms with Gasteiger partial charge in [-0.15, -0.1) is 34.5 Å². The van der Waals surface area contributed by atoms with E-state index in [1.165, 1.54) is 27.6 Å². The van der Waals surface area contributed by atoms with Crippen LogP contribution in [0.1, 0.15) is 25.0 Å². The van der Waals surface area contributed by atoms with E-state index >= 15 is 0 Å². The van der Waals surface area contributed by atoms with E-state index < -0.39 is 0 Å². The molecule has 0 atom stereocenters. The molecule has 0 bridgehead atoms. The van der Waals surface area contributed by atoms with E-state index in [9.17, 15) is 0 Å². The second-order valence-electron chi connectivity index (χ2n) is 6.79. The SMILES string of the molecule is CC1(C)[C-]=CC=C1.Cc1ccc(C)c2[cH-]c(-n3cccc3)cc12.[Br][Zr+2][Br]. The van der Waals surface area contributed by atoms with Gasteiger partial charge >= 0.3 is 43.0 Å². The van der Waals surface area contributed by atoms with Gasteiger partial charge in [0.2, 0.25) is 0 Å². The molecule has 0 radical (unpaired) electrons. The Hall–Kier alpha value is -0.567. The fourth-order valence-corrected chi connectivity index (χ4v) is 2.83. The first-order valence-electron chi connectivity index (χ1n) is 8.43. The zero-order valence-electron chi connectivity index (χ0n) is 15.6. The number of halogens is 2. The Balaban J connectivity index is 0.000000203. The average Bonchev–Trinajstić information content (AvgIpc) is 3.32. The second-order valence-corrected chi connectivity index (χ2v) is 18.1. The van der Waals surface area contributed by atoms with Gasteiger partial charge in [0.15, 0.2) is 0 Å². The summed E-state index contributed by atoms with van der Waals surface area (Å²) in [5, 5.41) is 2.73. The van der Waals surface area contributed by atoms with Crippen LogP contribution in [0.15, 0.2) is 67.0 Å². The number of benzene rings is 1. The first-order valence-corrected chi connectivity index (χ1v) is 19.7. The predicted molar refractivity (Wildman–Crippen MR) is 117 cm³/mol. The van der Waals surface area contributed by atoms with Crippen molar-refractivity contribution in [3.8, 4) is 5.69 Å². The molecule has 4 heteroatoms. The van der Waals surface area contributed by atoms with Crippen molar-refractivity contribution in [2.24, 2.45) is 5.41 Å². The van der Waals surface area contributed by atoms with Gasteiger partial charge in [-0.25, -0.2) is 12.2 Å². The summed E-state index contributed by atoms with van der Waals surface area (Å²) in [5.41, 5.74) is 4.15. The van der Waals surface area contributed by atoms with Gasteiger partial charge in [0, 0.05) is 12.4 Å². The molecule has 0 saturated heterocycles. The predicted octanol–water partition coefficient (Wildman–Crippen LogP) is 7.60. The van der Waals surface area contributed by atoms with Gasteiger partial charge in [0.25, 0.3) is 0 Å². The summed E-state index contributed by atoms with van der Waals surface area (Å²) in [6, 6.07) is 13.0. The van der Waals surface area contributed by atoms with Crippen molar-refractivity contribution in [2.45, 2.75) is 27.7 Å². The van der Waals surface area contributed by atoms with Crippen LogP contribution in [-0.2, 0) is 18.5 Å². The topological polar surface area (TPSA) is 4.93 Å². The summed E-state index contributed by atoms with van der Waals surface area (Å²) in [7, 11) is 0. The van der Waals surface area contributed by atoms with Crippen LogP contribution in [-0.4, -0.2) is 4.57 Å². The molecular weight excluding hydrogens is 529 g/mol. The number of aryl methyl sites for hydroxylation is 2. The fraction of sp³-hybridized carbons (Fsp3) is 0.227. The number of aromatic nitrogens is 1. The molecule has 0 spiro atoms. The number of rotatable bonds is 1. The quantitative estimate of drug-likeness (QED) is 0.274. The van der Waals surface area contributed by atoms with Crippen LogP contribution in [0.2, 0.25) is 0 Å². The van der Waals surface area contributed by atoms with E-state index in [1.807, 2.05) is 12.2 Å². The molecule has 1 nitrogen and oxygen atoms in total. The van der Waals surface area contributed by atoms with E-state index in [2.05, 4.69) is 118 Å². The molecule has 1 aliphatic carbocycles. The molecule has 2 aromatic carbocycles. The number of nitrogens with zero attached hydrogens (tertiary/aromatic N) is 1. The van der Waals surface area contributed by atoms with E-state index in [1.54, 1.807) is 0 Å². The van der Waals surface area contributed by atoms with Crippen LogP contribution in [0.4, 0.5) is 0 Å². The van der Waals surface area contributed by atoms with Crippen molar-refractivity contribution in [3.05, 3.63) is 84.2 Å².